The van der Waals surface area contributed by atoms with Crippen LogP contribution in [0.1, 0.15) is 44.1 Å². The normalized spacial score (nSPS) is 18.6. The maximum atomic E-state index is 12.8. The average Bonchev–Trinajstić information content (AvgIpc) is 2.54. The summed E-state index contributed by atoms with van der Waals surface area (Å²) in [6.45, 7) is 6.76. The SMILES string of the molecule is CNC1CCCN(C(=O)c2nccnc2NC(=O)C(C)(C)C)C1. The van der Waals surface area contributed by atoms with Crippen molar-refractivity contribution in [1.82, 2.24) is 20.2 Å². The van der Waals surface area contributed by atoms with E-state index in [1.165, 1.54) is 12.4 Å². The number of likely N-dealkylation sites (tertiary alicyclic amines) is 1. The lowest BCUT2D eigenvalue weighted by atomic mass is 9.96. The molecule has 2 N–H and O–H groups in total. The third-order valence-electron chi connectivity index (χ3n) is 3.93. The van der Waals surface area contributed by atoms with E-state index in [1.807, 2.05) is 27.8 Å². The molecule has 2 heterocycles. The second kappa shape index (κ2) is 7.04. The Hall–Kier alpha value is -2.02. The van der Waals surface area contributed by atoms with Crippen LogP contribution in [0.4, 0.5) is 5.82 Å². The number of carbonyl (C=O) groups is 2. The van der Waals surface area contributed by atoms with Gasteiger partial charge in [0.05, 0.1) is 0 Å². The van der Waals surface area contributed by atoms with Crippen LogP contribution in [-0.4, -0.2) is 52.9 Å². The lowest BCUT2D eigenvalue weighted by Crippen LogP contribution is -2.47. The van der Waals surface area contributed by atoms with Gasteiger partial charge in [0, 0.05) is 36.9 Å². The quantitative estimate of drug-likeness (QED) is 0.876. The van der Waals surface area contributed by atoms with Gasteiger partial charge >= 0.3 is 0 Å². The van der Waals surface area contributed by atoms with Gasteiger partial charge in [-0.1, -0.05) is 20.8 Å². The molecule has 23 heavy (non-hydrogen) atoms. The molecule has 1 saturated heterocycles. The van der Waals surface area contributed by atoms with Gasteiger partial charge in [-0.15, -0.1) is 0 Å². The summed E-state index contributed by atoms with van der Waals surface area (Å²) >= 11 is 0. The van der Waals surface area contributed by atoms with E-state index in [-0.39, 0.29) is 29.4 Å². The van der Waals surface area contributed by atoms with Crippen molar-refractivity contribution in [2.24, 2.45) is 5.41 Å². The Kier molecular flexibility index (Phi) is 5.30. The summed E-state index contributed by atoms with van der Waals surface area (Å²) in [4.78, 5) is 35.0. The minimum atomic E-state index is -0.569. The molecule has 1 atom stereocenters. The molecule has 1 aromatic rings. The van der Waals surface area contributed by atoms with Gasteiger partial charge in [0.2, 0.25) is 5.91 Å². The van der Waals surface area contributed by atoms with Gasteiger partial charge in [0.15, 0.2) is 11.5 Å². The highest BCUT2D eigenvalue weighted by atomic mass is 16.2. The van der Waals surface area contributed by atoms with E-state index >= 15 is 0 Å². The van der Waals surface area contributed by atoms with Crippen LogP contribution < -0.4 is 10.6 Å². The molecule has 0 bridgehead atoms. The molecule has 0 radical (unpaired) electrons. The number of carbonyl (C=O) groups excluding carboxylic acids is 2. The predicted octanol–water partition coefficient (Wildman–Crippen LogP) is 1.29. The minimum Gasteiger partial charge on any atom is -0.336 e. The van der Waals surface area contributed by atoms with Crippen molar-refractivity contribution in [3.63, 3.8) is 0 Å². The van der Waals surface area contributed by atoms with Crippen LogP contribution in [0.15, 0.2) is 12.4 Å². The van der Waals surface area contributed by atoms with Crippen molar-refractivity contribution in [2.75, 3.05) is 25.5 Å². The van der Waals surface area contributed by atoms with Crippen molar-refractivity contribution < 1.29 is 9.59 Å². The highest BCUT2D eigenvalue weighted by Gasteiger charge is 2.28. The third-order valence-corrected chi connectivity index (χ3v) is 3.93. The first-order chi connectivity index (χ1) is 10.8. The molecule has 1 unspecified atom stereocenters. The van der Waals surface area contributed by atoms with Crippen molar-refractivity contribution in [1.29, 1.82) is 0 Å². The van der Waals surface area contributed by atoms with E-state index < -0.39 is 5.41 Å². The van der Waals surface area contributed by atoms with Gasteiger partial charge < -0.3 is 15.5 Å². The number of hydrogen-bond acceptors (Lipinski definition) is 5. The second-order valence-electron chi connectivity index (χ2n) is 6.84. The molecular formula is C16H25N5O2. The maximum absolute atomic E-state index is 12.8. The van der Waals surface area contributed by atoms with Crippen molar-refractivity contribution in [3.05, 3.63) is 18.1 Å². The molecule has 0 aliphatic carbocycles. The number of aromatic nitrogens is 2. The molecule has 2 rings (SSSR count). The molecule has 126 valence electrons. The zero-order valence-electron chi connectivity index (χ0n) is 14.2. The van der Waals surface area contributed by atoms with Gasteiger partial charge in [-0.2, -0.15) is 0 Å². The monoisotopic (exact) mass is 319 g/mol. The van der Waals surface area contributed by atoms with Crippen molar-refractivity contribution in [2.45, 2.75) is 39.7 Å². The highest BCUT2D eigenvalue weighted by Crippen LogP contribution is 2.20. The molecular weight excluding hydrogens is 294 g/mol. The van der Waals surface area contributed by atoms with Gasteiger partial charge in [0.25, 0.3) is 5.91 Å². The standard InChI is InChI=1S/C16H25N5O2/c1-16(2,3)15(23)20-13-12(18-7-8-19-13)14(22)21-9-5-6-11(10-21)17-4/h7-8,11,17H,5-6,9-10H2,1-4H3,(H,19,20,23). The molecule has 1 aliphatic heterocycles. The van der Waals surface area contributed by atoms with Crippen LogP contribution in [-0.2, 0) is 4.79 Å². The summed E-state index contributed by atoms with van der Waals surface area (Å²) < 4.78 is 0. The van der Waals surface area contributed by atoms with Crippen molar-refractivity contribution in [3.8, 4) is 0 Å². The summed E-state index contributed by atoms with van der Waals surface area (Å²) in [5.41, 5.74) is -0.373. The molecule has 1 fully saturated rings. The summed E-state index contributed by atoms with van der Waals surface area (Å²) in [6, 6.07) is 0.289. The van der Waals surface area contributed by atoms with Crippen LogP contribution in [0, 0.1) is 5.41 Å². The third kappa shape index (κ3) is 4.25. The fraction of sp³-hybridized carbons (Fsp3) is 0.625. The second-order valence-corrected chi connectivity index (χ2v) is 6.84. The summed E-state index contributed by atoms with van der Waals surface area (Å²) in [7, 11) is 1.90. The Bertz CT molecular complexity index is 582. The molecule has 0 aromatic carbocycles. The molecule has 1 aliphatic rings. The Balaban J connectivity index is 2.19. The molecule has 7 heteroatoms. The topological polar surface area (TPSA) is 87.2 Å². The Morgan fingerprint density at radius 1 is 1.26 bits per heavy atom. The highest BCUT2D eigenvalue weighted by molar-refractivity contribution is 6.02. The number of hydrogen-bond donors (Lipinski definition) is 2. The number of nitrogens with one attached hydrogen (secondary N) is 2. The van der Waals surface area contributed by atoms with Crippen LogP contribution in [0.25, 0.3) is 0 Å². The van der Waals surface area contributed by atoms with Gasteiger partial charge in [-0.25, -0.2) is 9.97 Å². The van der Waals surface area contributed by atoms with Gasteiger partial charge in [-0.05, 0) is 19.9 Å². The number of anilines is 1. The molecule has 7 nitrogen and oxygen atoms in total. The first-order valence-corrected chi connectivity index (χ1v) is 7.92. The van der Waals surface area contributed by atoms with E-state index in [4.69, 9.17) is 0 Å². The van der Waals surface area contributed by atoms with E-state index in [0.717, 1.165) is 12.8 Å². The summed E-state index contributed by atoms with van der Waals surface area (Å²) in [6.07, 6.45) is 4.94. The largest absolute Gasteiger partial charge is 0.336 e. The molecule has 2 amide bonds. The fourth-order valence-electron chi connectivity index (χ4n) is 2.43. The van der Waals surface area contributed by atoms with Crippen LogP contribution >= 0.6 is 0 Å². The fourth-order valence-corrected chi connectivity index (χ4v) is 2.43. The smallest absolute Gasteiger partial charge is 0.276 e. The number of amides is 2. The lowest BCUT2D eigenvalue weighted by Gasteiger charge is -2.32. The number of piperidine rings is 1. The first kappa shape index (κ1) is 17.3. The molecule has 0 saturated carbocycles. The zero-order valence-corrected chi connectivity index (χ0v) is 14.2. The van der Waals surface area contributed by atoms with E-state index in [1.54, 1.807) is 4.90 Å². The van der Waals surface area contributed by atoms with E-state index in [2.05, 4.69) is 20.6 Å². The predicted molar refractivity (Wildman–Crippen MR) is 88.1 cm³/mol. The summed E-state index contributed by atoms with van der Waals surface area (Å²) in [5, 5.41) is 5.93. The van der Waals surface area contributed by atoms with Gasteiger partial charge in [-0.3, -0.25) is 9.59 Å². The number of nitrogens with zero attached hydrogens (tertiary/aromatic N) is 3. The van der Waals surface area contributed by atoms with Crippen LogP contribution in [0.5, 0.6) is 0 Å². The Morgan fingerprint density at radius 2 is 1.96 bits per heavy atom. The average molecular weight is 319 g/mol. The van der Waals surface area contributed by atoms with E-state index in [9.17, 15) is 9.59 Å². The van der Waals surface area contributed by atoms with Gasteiger partial charge in [0.1, 0.15) is 0 Å². The first-order valence-electron chi connectivity index (χ1n) is 7.92. The Morgan fingerprint density at radius 3 is 2.61 bits per heavy atom. The summed E-state index contributed by atoms with van der Waals surface area (Å²) in [5.74, 6) is -0.162. The number of rotatable bonds is 3. The molecule has 1 aromatic heterocycles. The van der Waals surface area contributed by atoms with Crippen LogP contribution in [0.3, 0.4) is 0 Å². The van der Waals surface area contributed by atoms with E-state index in [0.29, 0.717) is 13.1 Å². The maximum Gasteiger partial charge on any atom is 0.276 e. The Labute approximate surface area is 136 Å². The number of likely N-dealkylation sites (N-methyl/N-ethyl adjacent to an activating group) is 1. The van der Waals surface area contributed by atoms with Crippen molar-refractivity contribution >= 4 is 17.6 Å². The minimum absolute atomic E-state index is 0.192. The lowest BCUT2D eigenvalue weighted by molar-refractivity contribution is -0.123. The van der Waals surface area contributed by atoms with Crippen LogP contribution in [0.2, 0.25) is 0 Å². The molecule has 0 spiro atoms. The zero-order chi connectivity index (χ0) is 17.0.